The van der Waals surface area contributed by atoms with Gasteiger partial charge in [0.05, 0.1) is 5.60 Å². The summed E-state index contributed by atoms with van der Waals surface area (Å²) in [6.07, 6.45) is -3.65. The van der Waals surface area contributed by atoms with Gasteiger partial charge in [0.25, 0.3) is 0 Å². The van der Waals surface area contributed by atoms with Crippen LogP contribution >= 0.6 is 11.3 Å². The molecule has 14 heteroatoms. The molecule has 3 saturated heterocycles. The van der Waals surface area contributed by atoms with E-state index in [1.54, 1.807) is 11.3 Å². The maximum atomic E-state index is 10.6. The van der Waals surface area contributed by atoms with E-state index in [4.69, 9.17) is 24.5 Å². The van der Waals surface area contributed by atoms with Crippen molar-refractivity contribution in [2.24, 2.45) is 0 Å². The van der Waals surface area contributed by atoms with Crippen molar-refractivity contribution in [2.75, 3.05) is 32.8 Å². The van der Waals surface area contributed by atoms with E-state index in [1.165, 1.54) is 57.3 Å². The predicted molar refractivity (Wildman–Crippen MR) is 114 cm³/mol. The van der Waals surface area contributed by atoms with Crippen molar-refractivity contribution in [1.82, 2.24) is 9.80 Å². The van der Waals surface area contributed by atoms with Crippen LogP contribution < -0.4 is 0 Å². The van der Waals surface area contributed by atoms with Gasteiger partial charge in [-0.15, -0.1) is 0 Å². The topological polar surface area (TPSA) is 90.3 Å². The van der Waals surface area contributed by atoms with Gasteiger partial charge < -0.3 is 19.8 Å². The van der Waals surface area contributed by atoms with Gasteiger partial charge in [0.15, 0.2) is 0 Å². The molecule has 0 aromatic carbocycles. The predicted octanol–water partition coefficient (Wildman–Crippen LogP) is 4.23. The molecule has 3 aliphatic heterocycles. The lowest BCUT2D eigenvalue weighted by molar-refractivity contribution is -0.193. The van der Waals surface area contributed by atoms with Gasteiger partial charge in [-0.25, -0.2) is 9.59 Å². The molecule has 0 aliphatic carbocycles. The molecule has 0 bridgehead atoms. The molecular formula is C21H28F6N2O5S. The highest BCUT2D eigenvalue weighted by Crippen LogP contribution is 2.37. The molecule has 2 N–H and O–H groups in total. The molecule has 1 spiro atoms. The second-order valence-corrected chi connectivity index (χ2v) is 9.40. The van der Waals surface area contributed by atoms with Crippen molar-refractivity contribution in [2.45, 2.75) is 62.6 Å². The van der Waals surface area contributed by atoms with Gasteiger partial charge in [-0.2, -0.15) is 37.7 Å². The number of hydrogen-bond donors (Lipinski definition) is 2. The highest BCUT2D eigenvalue weighted by Gasteiger charge is 2.44. The van der Waals surface area contributed by atoms with Crippen LogP contribution in [0.1, 0.15) is 37.7 Å². The quantitative estimate of drug-likeness (QED) is 0.561. The second kappa shape index (κ2) is 12.4. The van der Waals surface area contributed by atoms with E-state index >= 15 is 0 Å². The number of hydrogen-bond acceptors (Lipinski definition) is 6. The average Bonchev–Trinajstić information content (AvgIpc) is 3.51. The van der Waals surface area contributed by atoms with Crippen molar-refractivity contribution in [3.05, 3.63) is 22.4 Å². The molecule has 1 aromatic rings. The summed E-state index contributed by atoms with van der Waals surface area (Å²) in [5, 5.41) is 18.7. The SMILES string of the molecule is O=C(O)C(F)(F)F.O=C(O)C(F)(F)F.c1cc(CN2CC[C@@]3(C[C@@H](N4CCCC4)CCO3)C2)cs1. The van der Waals surface area contributed by atoms with Crippen LogP contribution in [0.5, 0.6) is 0 Å². The van der Waals surface area contributed by atoms with Crippen LogP contribution in [-0.4, -0.2) is 88.7 Å². The zero-order valence-corrected chi connectivity index (χ0v) is 19.6. The Morgan fingerprint density at radius 3 is 2.11 bits per heavy atom. The Labute approximate surface area is 202 Å². The van der Waals surface area contributed by atoms with E-state index < -0.39 is 24.3 Å². The van der Waals surface area contributed by atoms with E-state index in [2.05, 4.69) is 26.6 Å². The largest absolute Gasteiger partial charge is 0.490 e. The van der Waals surface area contributed by atoms with Crippen molar-refractivity contribution < 1.29 is 50.9 Å². The Bertz CT molecular complexity index is 790. The van der Waals surface area contributed by atoms with E-state index in [1.807, 2.05) is 0 Å². The van der Waals surface area contributed by atoms with Crippen LogP contribution in [0.4, 0.5) is 26.3 Å². The number of thiophene rings is 1. The first-order valence-corrected chi connectivity index (χ1v) is 11.9. The maximum Gasteiger partial charge on any atom is 0.490 e. The summed E-state index contributed by atoms with van der Waals surface area (Å²) >= 11 is 1.80. The van der Waals surface area contributed by atoms with Crippen LogP contribution in [0.3, 0.4) is 0 Å². The summed E-state index contributed by atoms with van der Waals surface area (Å²) in [6.45, 7) is 7.03. The fraction of sp³-hybridized carbons (Fsp3) is 0.714. The molecular weight excluding hydrogens is 506 g/mol. The van der Waals surface area contributed by atoms with Gasteiger partial charge in [-0.1, -0.05) is 0 Å². The first-order chi connectivity index (χ1) is 16.2. The van der Waals surface area contributed by atoms with Crippen molar-refractivity contribution in [3.8, 4) is 0 Å². The molecule has 7 nitrogen and oxygen atoms in total. The van der Waals surface area contributed by atoms with Gasteiger partial charge in [0.1, 0.15) is 0 Å². The number of ether oxygens (including phenoxy) is 1. The molecule has 3 aliphatic rings. The summed E-state index contributed by atoms with van der Waals surface area (Å²) in [5.41, 5.74) is 1.62. The standard InChI is InChI=1S/C17H26N2OS.2C2HF3O2/c1-2-7-19(6-1)16-3-9-20-17(11-16)5-8-18(14-17)12-15-4-10-21-13-15;2*3-2(4,5)1(6)7/h4,10,13,16H,1-3,5-9,11-12,14H2;2*(H,6,7)/t16-,17+;;/m0../s1. The van der Waals surface area contributed by atoms with Crippen LogP contribution in [0.15, 0.2) is 16.8 Å². The maximum absolute atomic E-state index is 10.6. The first-order valence-electron chi connectivity index (χ1n) is 10.9. The number of halogens is 6. The number of alkyl halides is 6. The molecule has 0 radical (unpaired) electrons. The van der Waals surface area contributed by atoms with Crippen molar-refractivity contribution >= 4 is 23.3 Å². The third-order valence-electron chi connectivity index (χ3n) is 5.99. The minimum absolute atomic E-state index is 0.154. The normalized spacial score (nSPS) is 25.5. The van der Waals surface area contributed by atoms with Gasteiger partial charge in [-0.05, 0) is 67.6 Å². The number of carboxylic acids is 2. The van der Waals surface area contributed by atoms with E-state index in [9.17, 15) is 26.3 Å². The minimum atomic E-state index is -5.08. The molecule has 35 heavy (non-hydrogen) atoms. The molecule has 4 rings (SSSR count). The van der Waals surface area contributed by atoms with Gasteiger partial charge >= 0.3 is 24.3 Å². The van der Waals surface area contributed by atoms with Crippen LogP contribution in [-0.2, 0) is 20.9 Å². The highest BCUT2D eigenvalue weighted by molar-refractivity contribution is 7.07. The Kier molecular flexibility index (Phi) is 10.4. The molecule has 4 heterocycles. The third kappa shape index (κ3) is 9.58. The highest BCUT2D eigenvalue weighted by atomic mass is 32.1. The number of carboxylic acid groups (broad SMARTS) is 2. The third-order valence-corrected chi connectivity index (χ3v) is 6.72. The van der Waals surface area contributed by atoms with Crippen molar-refractivity contribution in [3.63, 3.8) is 0 Å². The van der Waals surface area contributed by atoms with Crippen LogP contribution in [0.2, 0.25) is 0 Å². The number of likely N-dealkylation sites (tertiary alicyclic amines) is 2. The van der Waals surface area contributed by atoms with E-state index in [-0.39, 0.29) is 5.60 Å². The van der Waals surface area contributed by atoms with E-state index in [0.29, 0.717) is 0 Å². The molecule has 0 amide bonds. The summed E-state index contributed by atoms with van der Waals surface area (Å²) < 4.78 is 69.8. The summed E-state index contributed by atoms with van der Waals surface area (Å²) in [5.74, 6) is -5.51. The lowest BCUT2D eigenvalue weighted by Gasteiger charge is -2.41. The Morgan fingerprint density at radius 2 is 1.63 bits per heavy atom. The Morgan fingerprint density at radius 1 is 1.06 bits per heavy atom. The number of nitrogens with zero attached hydrogens (tertiary/aromatic N) is 2. The zero-order valence-electron chi connectivity index (χ0n) is 18.8. The van der Waals surface area contributed by atoms with Gasteiger partial charge in [-0.3, -0.25) is 4.90 Å². The first kappa shape index (κ1) is 29.3. The number of carbonyl (C=O) groups is 2. The Balaban J connectivity index is 0.000000257. The molecule has 0 unspecified atom stereocenters. The molecule has 2 atom stereocenters. The molecule has 0 saturated carbocycles. The minimum Gasteiger partial charge on any atom is -0.475 e. The smallest absolute Gasteiger partial charge is 0.475 e. The van der Waals surface area contributed by atoms with Crippen molar-refractivity contribution in [1.29, 1.82) is 0 Å². The molecule has 1 aromatic heterocycles. The fourth-order valence-corrected chi connectivity index (χ4v) is 5.07. The lowest BCUT2D eigenvalue weighted by Crippen LogP contribution is -2.49. The average molecular weight is 535 g/mol. The molecule has 200 valence electrons. The summed E-state index contributed by atoms with van der Waals surface area (Å²) in [7, 11) is 0. The Hall–Kier alpha value is -1.90. The zero-order chi connectivity index (χ0) is 26.3. The van der Waals surface area contributed by atoms with E-state index in [0.717, 1.165) is 25.7 Å². The second-order valence-electron chi connectivity index (χ2n) is 8.62. The number of rotatable bonds is 3. The monoisotopic (exact) mass is 534 g/mol. The number of aliphatic carboxylic acids is 2. The summed E-state index contributed by atoms with van der Waals surface area (Å²) in [6, 6.07) is 3.03. The van der Waals surface area contributed by atoms with Crippen LogP contribution in [0.25, 0.3) is 0 Å². The van der Waals surface area contributed by atoms with Gasteiger partial charge in [0.2, 0.25) is 0 Å². The fourth-order valence-electron chi connectivity index (χ4n) is 4.41. The van der Waals surface area contributed by atoms with Crippen LogP contribution in [0, 0.1) is 0 Å². The summed E-state index contributed by atoms with van der Waals surface area (Å²) in [4.78, 5) is 23.1. The lowest BCUT2D eigenvalue weighted by atomic mass is 9.89. The van der Waals surface area contributed by atoms with Gasteiger partial charge in [0, 0.05) is 32.3 Å². The molecule has 3 fully saturated rings.